The first-order valence-electron chi connectivity index (χ1n) is 14.2. The molecule has 0 saturated carbocycles. The Kier molecular flexibility index (Phi) is 20.6. The first kappa shape index (κ1) is 28.0. The van der Waals surface area contributed by atoms with E-state index in [2.05, 4.69) is 18.7 Å². The van der Waals surface area contributed by atoms with Gasteiger partial charge in [0.1, 0.15) is 0 Å². The Labute approximate surface area is 190 Å². The first-order valence-corrected chi connectivity index (χ1v) is 14.2. The van der Waals surface area contributed by atoms with Gasteiger partial charge >= 0.3 is 0 Å². The van der Waals surface area contributed by atoms with Gasteiger partial charge in [-0.3, -0.25) is 4.90 Å². The SMILES string of the molecule is CCCCCCCCCCCCC1CN(CCCCCCCCCCCC)CCO1. The molecule has 0 amide bonds. The van der Waals surface area contributed by atoms with Crippen LogP contribution in [0.25, 0.3) is 0 Å². The van der Waals surface area contributed by atoms with Crippen molar-refractivity contribution in [3.05, 3.63) is 0 Å². The molecule has 0 spiro atoms. The number of hydrogen-bond acceptors (Lipinski definition) is 2. The van der Waals surface area contributed by atoms with E-state index in [1.807, 2.05) is 0 Å². The third kappa shape index (κ3) is 17.6. The highest BCUT2D eigenvalue weighted by Gasteiger charge is 2.19. The fourth-order valence-electron chi connectivity index (χ4n) is 4.84. The van der Waals surface area contributed by atoms with E-state index >= 15 is 0 Å². The Morgan fingerprint density at radius 2 is 1.00 bits per heavy atom. The minimum atomic E-state index is 0.510. The molecule has 1 unspecified atom stereocenters. The van der Waals surface area contributed by atoms with Crippen molar-refractivity contribution >= 4 is 0 Å². The monoisotopic (exact) mass is 423 g/mol. The molecule has 0 aromatic heterocycles. The second kappa shape index (κ2) is 22.1. The normalized spacial score (nSPS) is 17.6. The average Bonchev–Trinajstić information content (AvgIpc) is 2.76. The molecule has 0 radical (unpaired) electrons. The van der Waals surface area contributed by atoms with Gasteiger partial charge in [0, 0.05) is 13.1 Å². The molecule has 2 nitrogen and oxygen atoms in total. The van der Waals surface area contributed by atoms with Gasteiger partial charge in [0.15, 0.2) is 0 Å². The van der Waals surface area contributed by atoms with Crippen molar-refractivity contribution in [1.82, 2.24) is 4.90 Å². The van der Waals surface area contributed by atoms with Crippen molar-refractivity contribution in [2.24, 2.45) is 0 Å². The Bertz CT molecular complexity index is 303. The zero-order valence-corrected chi connectivity index (χ0v) is 21.1. The highest BCUT2D eigenvalue weighted by Crippen LogP contribution is 2.16. The molecule has 1 aliphatic heterocycles. The minimum absolute atomic E-state index is 0.510. The van der Waals surface area contributed by atoms with Crippen LogP contribution < -0.4 is 0 Å². The van der Waals surface area contributed by atoms with Crippen molar-refractivity contribution in [1.29, 1.82) is 0 Å². The molecule has 1 aliphatic rings. The molecule has 0 aromatic rings. The van der Waals surface area contributed by atoms with Gasteiger partial charge in [-0.05, 0) is 19.4 Å². The molecule has 180 valence electrons. The van der Waals surface area contributed by atoms with Crippen LogP contribution >= 0.6 is 0 Å². The summed E-state index contributed by atoms with van der Waals surface area (Å²) in [5, 5.41) is 0. The van der Waals surface area contributed by atoms with E-state index < -0.39 is 0 Å². The lowest BCUT2D eigenvalue weighted by atomic mass is 10.0. The molecule has 0 N–H and O–H groups in total. The third-order valence-corrected chi connectivity index (χ3v) is 6.93. The van der Waals surface area contributed by atoms with Gasteiger partial charge in [-0.2, -0.15) is 0 Å². The molecule has 0 aromatic carbocycles. The Hall–Kier alpha value is -0.0800. The number of rotatable bonds is 22. The number of unbranched alkanes of at least 4 members (excludes halogenated alkanes) is 18. The maximum Gasteiger partial charge on any atom is 0.0702 e. The van der Waals surface area contributed by atoms with Gasteiger partial charge < -0.3 is 4.74 Å². The maximum absolute atomic E-state index is 6.05. The molecule has 1 fully saturated rings. The van der Waals surface area contributed by atoms with E-state index in [0.717, 1.165) is 13.2 Å². The lowest BCUT2D eigenvalue weighted by Gasteiger charge is -2.33. The summed E-state index contributed by atoms with van der Waals surface area (Å²) < 4.78 is 6.05. The predicted octanol–water partition coefficient (Wildman–Crippen LogP) is 8.92. The van der Waals surface area contributed by atoms with Gasteiger partial charge in [0.2, 0.25) is 0 Å². The van der Waals surface area contributed by atoms with Crippen LogP contribution in [-0.2, 0) is 4.74 Å². The van der Waals surface area contributed by atoms with Gasteiger partial charge in [-0.1, -0.05) is 136 Å². The van der Waals surface area contributed by atoms with E-state index in [9.17, 15) is 0 Å². The van der Waals surface area contributed by atoms with Crippen molar-refractivity contribution in [3.63, 3.8) is 0 Å². The third-order valence-electron chi connectivity index (χ3n) is 6.93. The summed E-state index contributed by atoms with van der Waals surface area (Å²) in [4.78, 5) is 2.68. The van der Waals surface area contributed by atoms with Crippen LogP contribution in [0.2, 0.25) is 0 Å². The Morgan fingerprint density at radius 3 is 1.50 bits per heavy atom. The molecule has 0 aliphatic carbocycles. The standard InChI is InChI=1S/C28H57NO/c1-3-5-7-9-11-13-15-17-19-21-23-28-27-29(25-26-30-28)24-22-20-18-16-14-12-10-8-6-4-2/h28H,3-27H2,1-2H3. The average molecular weight is 424 g/mol. The summed E-state index contributed by atoms with van der Waals surface area (Å²) in [6.07, 6.45) is 30.4. The molecule has 1 rings (SSSR count). The van der Waals surface area contributed by atoms with Crippen LogP contribution in [0.4, 0.5) is 0 Å². The van der Waals surface area contributed by atoms with Crippen LogP contribution in [0.5, 0.6) is 0 Å². The van der Waals surface area contributed by atoms with Crippen LogP contribution in [-0.4, -0.2) is 37.2 Å². The van der Waals surface area contributed by atoms with Crippen LogP contribution in [0.3, 0.4) is 0 Å². The van der Waals surface area contributed by atoms with E-state index in [4.69, 9.17) is 4.74 Å². The highest BCUT2D eigenvalue weighted by molar-refractivity contribution is 4.71. The van der Waals surface area contributed by atoms with Gasteiger partial charge in [-0.25, -0.2) is 0 Å². The molecular formula is C28H57NO. The lowest BCUT2D eigenvalue weighted by molar-refractivity contribution is -0.0333. The summed E-state index contributed by atoms with van der Waals surface area (Å²) in [5.41, 5.74) is 0. The summed E-state index contributed by atoms with van der Waals surface area (Å²) in [6, 6.07) is 0. The second-order valence-corrected chi connectivity index (χ2v) is 9.95. The second-order valence-electron chi connectivity index (χ2n) is 9.95. The number of ether oxygens (including phenoxy) is 1. The van der Waals surface area contributed by atoms with Crippen molar-refractivity contribution in [2.45, 2.75) is 155 Å². The largest absolute Gasteiger partial charge is 0.376 e. The van der Waals surface area contributed by atoms with E-state index in [1.165, 1.54) is 148 Å². The summed E-state index contributed by atoms with van der Waals surface area (Å²) in [6.45, 7) is 9.21. The highest BCUT2D eigenvalue weighted by atomic mass is 16.5. The topological polar surface area (TPSA) is 12.5 Å². The zero-order chi connectivity index (χ0) is 21.5. The summed E-state index contributed by atoms with van der Waals surface area (Å²) in [7, 11) is 0. The smallest absolute Gasteiger partial charge is 0.0702 e. The molecule has 0 bridgehead atoms. The quantitative estimate of drug-likeness (QED) is 0.161. The van der Waals surface area contributed by atoms with Crippen molar-refractivity contribution in [2.75, 3.05) is 26.2 Å². The number of hydrogen-bond donors (Lipinski definition) is 0. The van der Waals surface area contributed by atoms with Crippen LogP contribution in [0.15, 0.2) is 0 Å². The fourth-order valence-corrected chi connectivity index (χ4v) is 4.84. The molecule has 1 atom stereocenters. The number of nitrogens with zero attached hydrogens (tertiary/aromatic N) is 1. The molecule has 2 heteroatoms. The Balaban J connectivity index is 1.86. The predicted molar refractivity (Wildman–Crippen MR) is 134 cm³/mol. The van der Waals surface area contributed by atoms with E-state index in [1.54, 1.807) is 0 Å². The fraction of sp³-hybridized carbons (Fsp3) is 1.00. The summed E-state index contributed by atoms with van der Waals surface area (Å²) in [5.74, 6) is 0. The van der Waals surface area contributed by atoms with Gasteiger partial charge in [0.25, 0.3) is 0 Å². The van der Waals surface area contributed by atoms with E-state index in [-0.39, 0.29) is 0 Å². The van der Waals surface area contributed by atoms with Crippen LogP contribution in [0, 0.1) is 0 Å². The zero-order valence-electron chi connectivity index (χ0n) is 21.1. The Morgan fingerprint density at radius 1 is 0.567 bits per heavy atom. The van der Waals surface area contributed by atoms with Gasteiger partial charge in [0.05, 0.1) is 12.7 Å². The lowest BCUT2D eigenvalue weighted by Crippen LogP contribution is -2.42. The molecular weight excluding hydrogens is 366 g/mol. The van der Waals surface area contributed by atoms with Crippen molar-refractivity contribution < 1.29 is 4.74 Å². The number of morpholine rings is 1. The molecule has 1 saturated heterocycles. The van der Waals surface area contributed by atoms with Crippen LogP contribution in [0.1, 0.15) is 149 Å². The summed E-state index contributed by atoms with van der Waals surface area (Å²) >= 11 is 0. The maximum atomic E-state index is 6.05. The van der Waals surface area contributed by atoms with Gasteiger partial charge in [-0.15, -0.1) is 0 Å². The van der Waals surface area contributed by atoms with Crippen molar-refractivity contribution in [3.8, 4) is 0 Å². The minimum Gasteiger partial charge on any atom is -0.376 e. The molecule has 1 heterocycles. The first-order chi connectivity index (χ1) is 14.9. The van der Waals surface area contributed by atoms with E-state index in [0.29, 0.717) is 6.10 Å². The molecule has 30 heavy (non-hydrogen) atoms.